The van der Waals surface area contributed by atoms with Gasteiger partial charge in [0.1, 0.15) is 4.87 Å². The SMILES string of the molecule is CC(=O)N(C1=NN(C(C)=O)[C@@]2(C[C@H](c3ccccc3)Sc3ccccc32)S1)c1ccccc1. The average Bonchev–Trinajstić information content (AvgIpc) is 3.19. The van der Waals surface area contributed by atoms with Gasteiger partial charge in [-0.15, -0.1) is 16.9 Å². The average molecular weight is 474 g/mol. The standard InChI is InChI=1S/C26H23N3O2S2/c1-18(30)28(21-13-7-4-8-14-21)25-27-29(19(2)31)26(33-25)17-24(20-11-5-3-6-12-20)32-23-16-10-9-15-22(23)26/h3-16,24H,17H2,1-2H3/t24-,26+/m1/s1. The number of para-hydroxylation sites is 1. The monoisotopic (exact) mass is 473 g/mol. The number of hydrogen-bond donors (Lipinski definition) is 0. The fourth-order valence-corrected chi connectivity index (χ4v) is 7.56. The first-order valence-electron chi connectivity index (χ1n) is 10.7. The van der Waals surface area contributed by atoms with E-state index in [4.69, 9.17) is 5.10 Å². The molecule has 0 saturated carbocycles. The second-order valence-corrected chi connectivity index (χ2v) is 10.5. The Morgan fingerprint density at radius 1 is 0.939 bits per heavy atom. The van der Waals surface area contributed by atoms with Gasteiger partial charge in [-0.3, -0.25) is 14.5 Å². The van der Waals surface area contributed by atoms with Crippen LogP contribution in [0.3, 0.4) is 0 Å². The fraction of sp³-hybridized carbons (Fsp3) is 0.192. The Kier molecular flexibility index (Phi) is 5.76. The van der Waals surface area contributed by atoms with Crippen molar-refractivity contribution in [2.45, 2.75) is 35.3 Å². The number of fused-ring (bicyclic) bond motifs is 2. The Labute approximate surface area is 201 Å². The van der Waals surface area contributed by atoms with Gasteiger partial charge >= 0.3 is 0 Å². The first-order chi connectivity index (χ1) is 16.0. The Balaban J connectivity index is 1.63. The number of hydrogen-bond acceptors (Lipinski definition) is 5. The van der Waals surface area contributed by atoms with E-state index in [1.165, 1.54) is 31.2 Å². The number of nitrogens with zero attached hydrogens (tertiary/aromatic N) is 3. The normalized spacial score (nSPS) is 21.5. The number of amidine groups is 1. The summed E-state index contributed by atoms with van der Waals surface area (Å²) in [5.74, 6) is -0.298. The van der Waals surface area contributed by atoms with Crippen LogP contribution in [0.25, 0.3) is 0 Å². The lowest BCUT2D eigenvalue weighted by atomic mass is 9.96. The van der Waals surface area contributed by atoms with Gasteiger partial charge in [-0.2, -0.15) is 0 Å². The Morgan fingerprint density at radius 2 is 1.58 bits per heavy atom. The minimum Gasteiger partial charge on any atom is -0.274 e. The molecule has 5 rings (SSSR count). The lowest BCUT2D eigenvalue weighted by Gasteiger charge is -2.42. The van der Waals surface area contributed by atoms with E-state index in [-0.39, 0.29) is 17.1 Å². The molecule has 1 spiro atoms. The molecule has 0 saturated heterocycles. The molecule has 0 N–H and O–H groups in total. The second kappa shape index (κ2) is 8.72. The zero-order valence-electron chi connectivity index (χ0n) is 18.3. The van der Waals surface area contributed by atoms with E-state index in [1.54, 1.807) is 9.91 Å². The van der Waals surface area contributed by atoms with E-state index in [9.17, 15) is 9.59 Å². The molecule has 5 nitrogen and oxygen atoms in total. The molecule has 3 aromatic rings. The molecule has 0 fully saturated rings. The third kappa shape index (κ3) is 3.85. The molecule has 0 bridgehead atoms. The zero-order valence-corrected chi connectivity index (χ0v) is 20.0. The van der Waals surface area contributed by atoms with Gasteiger partial charge in [-0.1, -0.05) is 78.5 Å². The predicted molar refractivity (Wildman–Crippen MR) is 135 cm³/mol. The van der Waals surface area contributed by atoms with Crippen LogP contribution >= 0.6 is 23.5 Å². The number of rotatable bonds is 2. The maximum Gasteiger partial charge on any atom is 0.241 e. The fourth-order valence-electron chi connectivity index (χ4n) is 4.40. The summed E-state index contributed by atoms with van der Waals surface area (Å²) in [5, 5.41) is 6.99. The van der Waals surface area contributed by atoms with Gasteiger partial charge in [-0.25, -0.2) is 5.01 Å². The number of hydrazone groups is 1. The van der Waals surface area contributed by atoms with Crippen molar-refractivity contribution in [3.8, 4) is 0 Å². The summed E-state index contributed by atoms with van der Waals surface area (Å²) < 4.78 is 0. The van der Waals surface area contributed by atoms with Crippen molar-refractivity contribution in [3.63, 3.8) is 0 Å². The Bertz CT molecular complexity index is 1230. The van der Waals surface area contributed by atoms with Crippen molar-refractivity contribution in [2.24, 2.45) is 5.10 Å². The van der Waals surface area contributed by atoms with Crippen LogP contribution in [0.1, 0.15) is 36.6 Å². The highest BCUT2D eigenvalue weighted by atomic mass is 32.2. The number of thioether (sulfide) groups is 2. The molecule has 2 atom stereocenters. The molecule has 166 valence electrons. The quantitative estimate of drug-likeness (QED) is 0.458. The van der Waals surface area contributed by atoms with Gasteiger partial charge < -0.3 is 0 Å². The van der Waals surface area contributed by atoms with Crippen molar-refractivity contribution < 1.29 is 9.59 Å². The summed E-state index contributed by atoms with van der Waals surface area (Å²) >= 11 is 3.30. The number of carbonyl (C=O) groups excluding carboxylic acids is 2. The summed E-state index contributed by atoms with van der Waals surface area (Å²) in [6.45, 7) is 3.06. The largest absolute Gasteiger partial charge is 0.274 e. The molecule has 0 aliphatic carbocycles. The van der Waals surface area contributed by atoms with E-state index >= 15 is 0 Å². The van der Waals surface area contributed by atoms with Crippen LogP contribution in [-0.4, -0.2) is 22.0 Å². The first kappa shape index (κ1) is 21.8. The van der Waals surface area contributed by atoms with Crippen molar-refractivity contribution in [1.82, 2.24) is 5.01 Å². The number of benzene rings is 3. The third-order valence-corrected chi connectivity index (χ3v) is 8.49. The second-order valence-electron chi connectivity index (χ2n) is 8.01. The van der Waals surface area contributed by atoms with Gasteiger partial charge in [0.2, 0.25) is 11.8 Å². The molecule has 2 aliphatic heterocycles. The minimum absolute atomic E-state index is 0.146. The van der Waals surface area contributed by atoms with E-state index < -0.39 is 4.87 Å². The Hall–Kier alpha value is -3.03. The van der Waals surface area contributed by atoms with E-state index in [0.29, 0.717) is 11.6 Å². The summed E-state index contributed by atoms with van der Waals surface area (Å²) in [6, 6.07) is 28.0. The molecule has 0 unspecified atom stereocenters. The predicted octanol–water partition coefficient (Wildman–Crippen LogP) is 6.00. The molecule has 2 amide bonds. The van der Waals surface area contributed by atoms with Gasteiger partial charge in [0.25, 0.3) is 0 Å². The smallest absolute Gasteiger partial charge is 0.241 e. The molecule has 2 heterocycles. The van der Waals surface area contributed by atoms with Crippen molar-refractivity contribution >= 4 is 46.2 Å². The first-order valence-corrected chi connectivity index (χ1v) is 12.4. The van der Waals surface area contributed by atoms with Crippen LogP contribution in [0.4, 0.5) is 5.69 Å². The molecule has 2 aliphatic rings. The highest BCUT2D eigenvalue weighted by Crippen LogP contribution is 2.60. The minimum atomic E-state index is -0.730. The molecule has 3 aromatic carbocycles. The van der Waals surface area contributed by atoms with Crippen LogP contribution < -0.4 is 4.90 Å². The van der Waals surface area contributed by atoms with Gasteiger partial charge in [0.05, 0.1) is 5.69 Å². The van der Waals surface area contributed by atoms with Crippen LogP contribution in [-0.2, 0) is 14.5 Å². The lowest BCUT2D eigenvalue weighted by molar-refractivity contribution is -0.132. The lowest BCUT2D eigenvalue weighted by Crippen LogP contribution is -2.43. The zero-order chi connectivity index (χ0) is 23.0. The van der Waals surface area contributed by atoms with E-state index in [0.717, 1.165) is 16.1 Å². The molecule has 33 heavy (non-hydrogen) atoms. The Morgan fingerprint density at radius 3 is 2.24 bits per heavy atom. The van der Waals surface area contributed by atoms with Crippen molar-refractivity contribution in [1.29, 1.82) is 0 Å². The third-order valence-electron chi connectivity index (χ3n) is 5.82. The summed E-state index contributed by atoms with van der Waals surface area (Å²) in [4.78, 5) is 27.7. The number of anilines is 1. The topological polar surface area (TPSA) is 53.0 Å². The number of carbonyl (C=O) groups is 2. The molecule has 0 aromatic heterocycles. The maximum atomic E-state index is 12.9. The van der Waals surface area contributed by atoms with Crippen LogP contribution in [0.2, 0.25) is 0 Å². The van der Waals surface area contributed by atoms with E-state index in [1.807, 2.05) is 72.4 Å². The van der Waals surface area contributed by atoms with Crippen LogP contribution in [0.5, 0.6) is 0 Å². The maximum absolute atomic E-state index is 12.9. The molecular weight excluding hydrogens is 450 g/mol. The number of amides is 2. The van der Waals surface area contributed by atoms with Gasteiger partial charge in [-0.05, 0) is 23.8 Å². The summed E-state index contributed by atoms with van der Waals surface area (Å²) in [7, 11) is 0. The van der Waals surface area contributed by atoms with Gasteiger partial charge in [0, 0.05) is 36.0 Å². The van der Waals surface area contributed by atoms with Crippen LogP contribution in [0.15, 0.2) is 94.9 Å². The van der Waals surface area contributed by atoms with Crippen molar-refractivity contribution in [3.05, 3.63) is 96.1 Å². The highest BCUT2D eigenvalue weighted by molar-refractivity contribution is 8.15. The summed E-state index contributed by atoms with van der Waals surface area (Å²) in [5.41, 5.74) is 2.99. The van der Waals surface area contributed by atoms with Crippen LogP contribution in [0, 0.1) is 0 Å². The summed E-state index contributed by atoms with van der Waals surface area (Å²) in [6.07, 6.45) is 0.677. The molecule has 0 radical (unpaired) electrons. The molecular formula is C26H23N3O2S2. The highest BCUT2D eigenvalue weighted by Gasteiger charge is 2.53. The van der Waals surface area contributed by atoms with Crippen molar-refractivity contribution in [2.75, 3.05) is 4.90 Å². The molecule has 7 heteroatoms. The van der Waals surface area contributed by atoms with Gasteiger partial charge in [0.15, 0.2) is 5.17 Å². The van der Waals surface area contributed by atoms with E-state index in [2.05, 4.69) is 24.3 Å².